The minimum atomic E-state index is -1.90. The maximum Gasteiger partial charge on any atom is 0.415 e. The standard InChI is InChI=1S/C35H37N5O8/c1-5-23-24-15-22(48-34(44)39(4)14-13-38(3)33(43)47-18-20-7-9-21(36)10-8-20)11-12-28(24)37-30-25(23)17-40-29(30)16-27-26(31(40)41)19-46-32(42)35(27,45)6-2/h7-12,15-16,45H,5-6,13-14,17-19,36H2,1-4H3/t35-/m0/s1. The molecule has 4 aromatic rings. The minimum Gasteiger partial charge on any atom is -0.458 e. The van der Waals surface area contributed by atoms with Crippen LogP contribution in [0, 0.1) is 0 Å². The SMILES string of the molecule is CCc1c2c(nc3ccc(OC(=O)N(C)CCN(C)C(=O)OCc4ccc(N)cc4)cc13)-c1cc3c(c(=O)n1C2)COC(=O)[C@]3(O)CC. The molecule has 4 heterocycles. The highest BCUT2D eigenvalue weighted by molar-refractivity contribution is 5.90. The van der Waals surface area contributed by atoms with E-state index >= 15 is 0 Å². The molecule has 0 bridgehead atoms. The Morgan fingerprint density at radius 2 is 1.73 bits per heavy atom. The van der Waals surface area contributed by atoms with Gasteiger partial charge in [-0.2, -0.15) is 0 Å². The molecule has 2 aromatic heterocycles. The molecule has 48 heavy (non-hydrogen) atoms. The first-order valence-electron chi connectivity index (χ1n) is 15.7. The summed E-state index contributed by atoms with van der Waals surface area (Å²) in [6.07, 6.45) is -0.453. The van der Waals surface area contributed by atoms with Gasteiger partial charge in [0.1, 0.15) is 19.0 Å². The number of carbonyl (C=O) groups excluding carboxylic acids is 3. The minimum absolute atomic E-state index is 0.0607. The fourth-order valence-corrected chi connectivity index (χ4v) is 6.14. The smallest absolute Gasteiger partial charge is 0.415 e. The lowest BCUT2D eigenvalue weighted by Gasteiger charge is -2.31. The molecule has 0 spiro atoms. The highest BCUT2D eigenvalue weighted by Gasteiger charge is 2.45. The Morgan fingerprint density at radius 3 is 2.42 bits per heavy atom. The lowest BCUT2D eigenvalue weighted by Crippen LogP contribution is -2.44. The Labute approximate surface area is 276 Å². The van der Waals surface area contributed by atoms with Crippen LogP contribution in [0.1, 0.15) is 48.1 Å². The lowest BCUT2D eigenvalue weighted by atomic mass is 9.86. The first-order valence-corrected chi connectivity index (χ1v) is 15.7. The van der Waals surface area contributed by atoms with E-state index in [2.05, 4.69) is 0 Å². The third-order valence-electron chi connectivity index (χ3n) is 9.07. The van der Waals surface area contributed by atoms with Crippen LogP contribution in [-0.4, -0.2) is 69.8 Å². The number of nitrogen functional groups attached to an aromatic ring is 1. The highest BCUT2D eigenvalue weighted by Crippen LogP contribution is 2.40. The summed E-state index contributed by atoms with van der Waals surface area (Å²) in [5.74, 6) is -0.452. The van der Waals surface area contributed by atoms with Crippen LogP contribution in [-0.2, 0) is 46.0 Å². The van der Waals surface area contributed by atoms with Crippen molar-refractivity contribution in [3.8, 4) is 17.1 Å². The zero-order valence-electron chi connectivity index (χ0n) is 27.2. The summed E-state index contributed by atoms with van der Waals surface area (Å²) >= 11 is 0. The fraction of sp³-hybridized carbons (Fsp3) is 0.343. The zero-order chi connectivity index (χ0) is 34.3. The number of nitrogens with zero attached hydrogens (tertiary/aromatic N) is 4. The van der Waals surface area contributed by atoms with Crippen LogP contribution in [0.2, 0.25) is 0 Å². The van der Waals surface area contributed by atoms with Crippen LogP contribution in [0.3, 0.4) is 0 Å². The fourth-order valence-electron chi connectivity index (χ4n) is 6.14. The quantitative estimate of drug-likeness (QED) is 0.185. The van der Waals surface area contributed by atoms with Gasteiger partial charge in [-0.1, -0.05) is 26.0 Å². The number of pyridine rings is 2. The maximum absolute atomic E-state index is 13.6. The molecule has 2 aliphatic heterocycles. The number of aryl methyl sites for hydroxylation is 1. The number of rotatable bonds is 8. The van der Waals surface area contributed by atoms with Crippen LogP contribution in [0.15, 0.2) is 53.3 Å². The Hall–Kier alpha value is -5.43. The van der Waals surface area contributed by atoms with E-state index in [9.17, 15) is 24.3 Å². The molecule has 0 radical (unpaired) electrons. The Balaban J connectivity index is 1.17. The molecular formula is C35H37N5O8. The molecule has 0 unspecified atom stereocenters. The largest absolute Gasteiger partial charge is 0.458 e. The van der Waals surface area contributed by atoms with E-state index in [0.717, 1.165) is 22.1 Å². The van der Waals surface area contributed by atoms with Crippen LogP contribution in [0.4, 0.5) is 15.3 Å². The summed E-state index contributed by atoms with van der Waals surface area (Å²) in [5.41, 5.74) is 8.99. The van der Waals surface area contributed by atoms with Gasteiger partial charge in [0.15, 0.2) is 5.60 Å². The molecule has 13 heteroatoms. The topological polar surface area (TPSA) is 167 Å². The van der Waals surface area contributed by atoms with Gasteiger partial charge in [0.2, 0.25) is 0 Å². The zero-order valence-corrected chi connectivity index (χ0v) is 27.2. The van der Waals surface area contributed by atoms with Crippen molar-refractivity contribution < 1.29 is 33.7 Å². The number of fused-ring (bicyclic) bond motifs is 5. The van der Waals surface area contributed by atoms with Crippen molar-refractivity contribution in [1.82, 2.24) is 19.4 Å². The predicted octanol–water partition coefficient (Wildman–Crippen LogP) is 3.92. The van der Waals surface area contributed by atoms with Gasteiger partial charge in [0.25, 0.3) is 5.56 Å². The summed E-state index contributed by atoms with van der Waals surface area (Å²) in [6.45, 7) is 4.26. The van der Waals surface area contributed by atoms with E-state index in [1.54, 1.807) is 74.1 Å². The first kappa shape index (κ1) is 32.5. The molecule has 2 aromatic carbocycles. The summed E-state index contributed by atoms with van der Waals surface area (Å²) in [7, 11) is 3.17. The molecule has 6 rings (SSSR count). The molecule has 13 nitrogen and oxygen atoms in total. The van der Waals surface area contributed by atoms with Crippen molar-refractivity contribution in [2.24, 2.45) is 0 Å². The molecular weight excluding hydrogens is 618 g/mol. The Morgan fingerprint density at radius 1 is 1.02 bits per heavy atom. The number of carbonyl (C=O) groups is 3. The van der Waals surface area contributed by atoms with Gasteiger partial charge in [-0.05, 0) is 60.4 Å². The number of benzene rings is 2. The number of aromatic nitrogens is 2. The number of aliphatic hydroxyl groups is 1. The van der Waals surface area contributed by atoms with Gasteiger partial charge in [-0.15, -0.1) is 0 Å². The summed E-state index contributed by atoms with van der Waals surface area (Å²) in [5, 5.41) is 11.9. The number of hydrogen-bond acceptors (Lipinski definition) is 10. The molecule has 1 atom stereocenters. The van der Waals surface area contributed by atoms with Gasteiger partial charge < -0.3 is 39.4 Å². The average Bonchev–Trinajstić information content (AvgIpc) is 3.45. The van der Waals surface area contributed by atoms with Crippen molar-refractivity contribution >= 4 is 34.7 Å². The molecule has 2 amide bonds. The van der Waals surface area contributed by atoms with Crippen molar-refractivity contribution in [2.75, 3.05) is 32.9 Å². The Kier molecular flexibility index (Phi) is 8.56. The number of cyclic esters (lactones) is 1. The number of ether oxygens (including phenoxy) is 3. The van der Waals surface area contributed by atoms with Crippen LogP contribution in [0.5, 0.6) is 5.75 Å². The number of nitrogens with two attached hydrogens (primary N) is 1. The van der Waals surface area contributed by atoms with Crippen molar-refractivity contribution in [1.29, 1.82) is 0 Å². The average molecular weight is 656 g/mol. The van der Waals surface area contributed by atoms with Crippen LogP contribution in [0.25, 0.3) is 22.3 Å². The number of anilines is 1. The second kappa shape index (κ2) is 12.6. The molecule has 0 saturated carbocycles. The van der Waals surface area contributed by atoms with E-state index in [1.165, 1.54) is 9.80 Å². The van der Waals surface area contributed by atoms with Crippen molar-refractivity contribution in [3.63, 3.8) is 0 Å². The first-order chi connectivity index (χ1) is 22.9. The molecule has 2 aliphatic rings. The lowest BCUT2D eigenvalue weighted by molar-refractivity contribution is -0.172. The normalized spacial score (nSPS) is 16.1. The summed E-state index contributed by atoms with van der Waals surface area (Å²) in [4.78, 5) is 59.1. The number of likely N-dealkylation sites (N-methyl/N-ethyl adjacent to an activating group) is 2. The van der Waals surface area contributed by atoms with E-state index < -0.39 is 23.8 Å². The molecule has 3 N–H and O–H groups in total. The van der Waals surface area contributed by atoms with E-state index in [0.29, 0.717) is 34.8 Å². The number of esters is 1. The third kappa shape index (κ3) is 5.70. The predicted molar refractivity (Wildman–Crippen MR) is 176 cm³/mol. The molecule has 0 aliphatic carbocycles. The van der Waals surface area contributed by atoms with E-state index in [-0.39, 0.29) is 56.0 Å². The molecule has 0 saturated heterocycles. The van der Waals surface area contributed by atoms with E-state index in [1.807, 2.05) is 6.92 Å². The van der Waals surface area contributed by atoms with Crippen LogP contribution >= 0.6 is 0 Å². The van der Waals surface area contributed by atoms with Crippen molar-refractivity contribution in [2.45, 2.75) is 52.0 Å². The monoisotopic (exact) mass is 655 g/mol. The second-order valence-electron chi connectivity index (χ2n) is 12.1. The summed E-state index contributed by atoms with van der Waals surface area (Å²) in [6, 6.07) is 13.9. The number of hydrogen-bond donors (Lipinski definition) is 2. The van der Waals surface area contributed by atoms with Gasteiger partial charge in [0.05, 0.1) is 29.0 Å². The number of amides is 2. The highest BCUT2D eigenvalue weighted by atomic mass is 16.6. The van der Waals surface area contributed by atoms with Gasteiger partial charge in [-0.3, -0.25) is 4.79 Å². The summed E-state index contributed by atoms with van der Waals surface area (Å²) < 4.78 is 17.8. The van der Waals surface area contributed by atoms with Crippen LogP contribution < -0.4 is 16.0 Å². The van der Waals surface area contributed by atoms with Crippen molar-refractivity contribution in [3.05, 3.63) is 86.7 Å². The van der Waals surface area contributed by atoms with Gasteiger partial charge in [-0.25, -0.2) is 19.4 Å². The van der Waals surface area contributed by atoms with Gasteiger partial charge in [0, 0.05) is 49.4 Å². The Bertz CT molecular complexity index is 2010. The maximum atomic E-state index is 13.6. The van der Waals surface area contributed by atoms with Gasteiger partial charge >= 0.3 is 18.2 Å². The third-order valence-corrected chi connectivity index (χ3v) is 9.07. The second-order valence-corrected chi connectivity index (χ2v) is 12.1. The molecule has 250 valence electrons. The molecule has 0 fully saturated rings. The van der Waals surface area contributed by atoms with E-state index in [4.69, 9.17) is 24.9 Å².